The lowest BCUT2D eigenvalue weighted by molar-refractivity contribution is -0.142. The molecule has 0 spiro atoms. The van der Waals surface area contributed by atoms with Gasteiger partial charge in [-0.2, -0.15) is 0 Å². The maximum absolute atomic E-state index is 13.6. The molecule has 1 heterocycles. The minimum atomic E-state index is -0.650. The first-order valence-electron chi connectivity index (χ1n) is 12.9. The summed E-state index contributed by atoms with van der Waals surface area (Å²) in [6.07, 6.45) is 1.11. The molecule has 0 aliphatic carbocycles. The number of hydrogen-bond acceptors (Lipinski definition) is 3. The first kappa shape index (κ1) is 27.9. The number of nitrogens with one attached hydrogen (secondary N) is 1. The van der Waals surface area contributed by atoms with Gasteiger partial charge >= 0.3 is 0 Å². The Morgan fingerprint density at radius 3 is 2.39 bits per heavy atom. The van der Waals surface area contributed by atoms with E-state index in [0.29, 0.717) is 35.0 Å². The van der Waals surface area contributed by atoms with Crippen LogP contribution in [-0.4, -0.2) is 40.7 Å². The lowest BCUT2D eigenvalue weighted by atomic mass is 10.0. The molecule has 0 radical (unpaired) electrons. The van der Waals surface area contributed by atoms with Crippen LogP contribution >= 0.6 is 23.2 Å². The molecule has 0 fully saturated rings. The van der Waals surface area contributed by atoms with Gasteiger partial charge < -0.3 is 15.1 Å². The van der Waals surface area contributed by atoms with Crippen molar-refractivity contribution in [2.24, 2.45) is 0 Å². The van der Waals surface area contributed by atoms with Gasteiger partial charge in [0.2, 0.25) is 11.8 Å². The fourth-order valence-electron chi connectivity index (χ4n) is 4.94. The van der Waals surface area contributed by atoms with E-state index in [0.717, 1.165) is 22.0 Å². The van der Waals surface area contributed by atoms with Crippen molar-refractivity contribution in [2.75, 3.05) is 11.4 Å². The first-order valence-corrected chi connectivity index (χ1v) is 13.6. The zero-order valence-electron chi connectivity index (χ0n) is 22.2. The predicted molar refractivity (Wildman–Crippen MR) is 154 cm³/mol. The summed E-state index contributed by atoms with van der Waals surface area (Å²) < 4.78 is 0. The van der Waals surface area contributed by atoms with Crippen LogP contribution in [0.1, 0.15) is 62.9 Å². The van der Waals surface area contributed by atoms with Gasteiger partial charge in [0.15, 0.2) is 0 Å². The third-order valence-corrected chi connectivity index (χ3v) is 7.38. The second-order valence-corrected chi connectivity index (χ2v) is 11.5. The Labute approximate surface area is 233 Å². The van der Waals surface area contributed by atoms with Gasteiger partial charge in [-0.05, 0) is 68.8 Å². The van der Waals surface area contributed by atoms with Crippen LogP contribution in [0.25, 0.3) is 10.8 Å². The van der Waals surface area contributed by atoms with E-state index in [9.17, 15) is 14.4 Å². The highest BCUT2D eigenvalue weighted by Gasteiger charge is 2.32. The minimum absolute atomic E-state index is 0.0482. The van der Waals surface area contributed by atoms with Crippen LogP contribution < -0.4 is 10.2 Å². The van der Waals surface area contributed by atoms with Gasteiger partial charge in [0, 0.05) is 36.0 Å². The lowest BCUT2D eigenvalue weighted by Gasteiger charge is -2.33. The summed E-state index contributed by atoms with van der Waals surface area (Å²) in [5.74, 6) is -0.410. The molecule has 3 aromatic rings. The molecule has 0 unspecified atom stereocenters. The summed E-state index contributed by atoms with van der Waals surface area (Å²) in [5, 5.41) is 5.81. The molecule has 1 atom stereocenters. The van der Waals surface area contributed by atoms with Crippen molar-refractivity contribution in [2.45, 2.75) is 65.1 Å². The van der Waals surface area contributed by atoms with E-state index in [1.165, 1.54) is 0 Å². The molecule has 38 heavy (non-hydrogen) atoms. The molecule has 0 saturated heterocycles. The van der Waals surface area contributed by atoms with Crippen molar-refractivity contribution in [1.82, 2.24) is 10.2 Å². The smallest absolute Gasteiger partial charge is 0.258 e. The fraction of sp³-hybridized carbons (Fsp3) is 0.367. The number of carbonyl (C=O) groups excluding carboxylic acids is 3. The predicted octanol–water partition coefficient (Wildman–Crippen LogP) is 6.61. The topological polar surface area (TPSA) is 69.7 Å². The Kier molecular flexibility index (Phi) is 8.34. The van der Waals surface area contributed by atoms with E-state index in [-0.39, 0.29) is 30.7 Å². The molecule has 8 heteroatoms. The second kappa shape index (κ2) is 11.3. The fourth-order valence-corrected chi connectivity index (χ4v) is 5.26. The molecule has 6 nitrogen and oxygen atoms in total. The standard InChI is InChI=1S/C30H33Cl2N3O3/c1-5-24(28(37)33-30(2,3)4)35(18-19-14-15-22(31)23(32)17-19)26(36)13-8-16-34-25-12-7-10-20-9-6-11-21(27(20)25)29(34)38/h6-7,9-12,14-15,17,24H,5,8,13,16,18H2,1-4H3,(H,33,37)/t24-/m1/s1. The molecule has 3 aromatic carbocycles. The van der Waals surface area contributed by atoms with Crippen LogP contribution in [0, 0.1) is 0 Å². The van der Waals surface area contributed by atoms with Crippen LogP contribution in [0.3, 0.4) is 0 Å². The molecule has 0 saturated carbocycles. The van der Waals surface area contributed by atoms with Crippen LogP contribution in [0.4, 0.5) is 5.69 Å². The zero-order chi connectivity index (χ0) is 27.6. The number of rotatable bonds is 9. The number of anilines is 1. The van der Waals surface area contributed by atoms with Crippen molar-refractivity contribution in [1.29, 1.82) is 0 Å². The zero-order valence-corrected chi connectivity index (χ0v) is 23.7. The Bertz CT molecular complexity index is 1380. The van der Waals surface area contributed by atoms with Gasteiger partial charge in [-0.1, -0.05) is 60.5 Å². The summed E-state index contributed by atoms with van der Waals surface area (Å²) in [6.45, 7) is 8.25. The lowest BCUT2D eigenvalue weighted by Crippen LogP contribution is -2.53. The highest BCUT2D eigenvalue weighted by atomic mass is 35.5. The van der Waals surface area contributed by atoms with Crippen molar-refractivity contribution < 1.29 is 14.4 Å². The number of halogens is 2. The largest absolute Gasteiger partial charge is 0.350 e. The number of nitrogens with zero attached hydrogens (tertiary/aromatic N) is 2. The first-order chi connectivity index (χ1) is 18.0. The van der Waals surface area contributed by atoms with Gasteiger partial charge in [-0.3, -0.25) is 14.4 Å². The third kappa shape index (κ3) is 5.97. The number of hydrogen-bond donors (Lipinski definition) is 1. The molecular weight excluding hydrogens is 521 g/mol. The summed E-state index contributed by atoms with van der Waals surface area (Å²) in [7, 11) is 0. The summed E-state index contributed by atoms with van der Waals surface area (Å²) >= 11 is 12.3. The average Bonchev–Trinajstić information content (AvgIpc) is 3.13. The maximum Gasteiger partial charge on any atom is 0.258 e. The van der Waals surface area contributed by atoms with Gasteiger partial charge in [-0.15, -0.1) is 0 Å². The summed E-state index contributed by atoms with van der Waals surface area (Å²) in [4.78, 5) is 43.3. The molecular formula is C30H33Cl2N3O3. The van der Waals surface area contributed by atoms with Crippen molar-refractivity contribution in [3.63, 3.8) is 0 Å². The van der Waals surface area contributed by atoms with Crippen molar-refractivity contribution in [3.8, 4) is 0 Å². The molecule has 3 amide bonds. The number of carbonyl (C=O) groups is 3. The van der Waals surface area contributed by atoms with Crippen LogP contribution in [0.2, 0.25) is 10.0 Å². The molecule has 1 aliphatic heterocycles. The van der Waals surface area contributed by atoms with Gasteiger partial charge in [0.25, 0.3) is 5.91 Å². The summed E-state index contributed by atoms with van der Waals surface area (Å²) in [6, 6.07) is 16.2. The van der Waals surface area contributed by atoms with Crippen LogP contribution in [0.5, 0.6) is 0 Å². The molecule has 0 aromatic heterocycles. The average molecular weight is 555 g/mol. The quantitative estimate of drug-likeness (QED) is 0.324. The van der Waals surface area contributed by atoms with Crippen LogP contribution in [0.15, 0.2) is 54.6 Å². The van der Waals surface area contributed by atoms with Crippen molar-refractivity contribution in [3.05, 3.63) is 75.8 Å². The van der Waals surface area contributed by atoms with E-state index >= 15 is 0 Å². The van der Waals surface area contributed by atoms with Gasteiger partial charge in [0.05, 0.1) is 15.7 Å². The Morgan fingerprint density at radius 1 is 1.03 bits per heavy atom. The summed E-state index contributed by atoms with van der Waals surface area (Å²) in [5.41, 5.74) is 1.91. The van der Waals surface area contributed by atoms with Crippen molar-refractivity contribution >= 4 is 57.4 Å². The molecule has 1 aliphatic rings. The monoisotopic (exact) mass is 553 g/mol. The molecule has 0 bridgehead atoms. The maximum atomic E-state index is 13.6. The Balaban J connectivity index is 1.51. The Hall–Kier alpha value is -3.09. The molecule has 200 valence electrons. The SMILES string of the molecule is CC[C@H](C(=O)NC(C)(C)C)N(Cc1ccc(Cl)c(Cl)c1)C(=O)CCCN1C(=O)c2cccc3cccc1c23. The number of amides is 3. The van der Waals surface area contributed by atoms with E-state index in [2.05, 4.69) is 5.32 Å². The van der Waals surface area contributed by atoms with E-state index in [1.807, 2.05) is 70.2 Å². The Morgan fingerprint density at radius 2 is 1.74 bits per heavy atom. The highest BCUT2D eigenvalue weighted by molar-refractivity contribution is 6.42. The van der Waals surface area contributed by atoms with Gasteiger partial charge in [0.1, 0.15) is 6.04 Å². The second-order valence-electron chi connectivity index (χ2n) is 10.7. The minimum Gasteiger partial charge on any atom is -0.350 e. The third-order valence-electron chi connectivity index (χ3n) is 6.64. The van der Waals surface area contributed by atoms with Crippen LogP contribution in [-0.2, 0) is 16.1 Å². The normalized spacial score (nSPS) is 13.6. The highest BCUT2D eigenvalue weighted by Crippen LogP contribution is 2.37. The van der Waals surface area contributed by atoms with E-state index < -0.39 is 11.6 Å². The van der Waals surface area contributed by atoms with Gasteiger partial charge in [-0.25, -0.2) is 0 Å². The number of benzene rings is 3. The van der Waals surface area contributed by atoms with E-state index in [1.54, 1.807) is 21.9 Å². The molecule has 4 rings (SSSR count). The van der Waals surface area contributed by atoms with E-state index in [4.69, 9.17) is 23.2 Å². The molecule has 1 N–H and O–H groups in total.